The third-order valence-corrected chi connectivity index (χ3v) is 2.07. The highest BCUT2D eigenvalue weighted by Crippen LogP contribution is 2.09. The van der Waals surface area contributed by atoms with E-state index in [2.05, 4.69) is 17.3 Å². The van der Waals surface area contributed by atoms with Gasteiger partial charge in [-0.15, -0.1) is 12.3 Å². The molecule has 0 fully saturated rings. The zero-order chi connectivity index (χ0) is 10.9. The fourth-order valence-electron chi connectivity index (χ4n) is 1.28. The number of rotatable bonds is 5. The lowest BCUT2D eigenvalue weighted by Crippen LogP contribution is -2.01. The number of nitrogens with zero attached hydrogens (tertiary/aromatic N) is 1. The lowest BCUT2D eigenvalue weighted by atomic mass is 10.2. The number of hydrogen-bond acceptors (Lipinski definition) is 2. The largest absolute Gasteiger partial charge is 0.385 e. The van der Waals surface area contributed by atoms with Crippen LogP contribution in [0.5, 0.6) is 0 Å². The lowest BCUT2D eigenvalue weighted by Gasteiger charge is -2.05. The second-order valence-electron chi connectivity index (χ2n) is 3.28. The number of hydrogen-bond donors (Lipinski definition) is 1. The highest BCUT2D eigenvalue weighted by Gasteiger charge is 1.93. The van der Waals surface area contributed by atoms with Crippen molar-refractivity contribution in [2.45, 2.75) is 19.3 Å². The maximum absolute atomic E-state index is 8.70. The van der Waals surface area contributed by atoms with Crippen LogP contribution in [0.25, 0.3) is 0 Å². The molecule has 0 atom stereocenters. The summed E-state index contributed by atoms with van der Waals surface area (Å²) in [6, 6.07) is 9.59. The summed E-state index contributed by atoms with van der Waals surface area (Å²) in [6.45, 7) is 0.899. The van der Waals surface area contributed by atoms with E-state index >= 15 is 0 Å². The highest BCUT2D eigenvalue weighted by molar-refractivity contribution is 5.48. The van der Waals surface area contributed by atoms with Crippen molar-refractivity contribution in [2.75, 3.05) is 11.9 Å². The number of unbranched alkanes of at least 4 members (excludes halogenated alkanes) is 2. The maximum Gasteiger partial charge on any atom is 0.0992 e. The number of terminal acetylenes is 1. The van der Waals surface area contributed by atoms with E-state index in [1.807, 2.05) is 18.2 Å². The molecule has 0 radical (unpaired) electrons. The molecule has 0 aliphatic rings. The van der Waals surface area contributed by atoms with E-state index in [9.17, 15) is 0 Å². The summed E-state index contributed by atoms with van der Waals surface area (Å²) in [5, 5.41) is 12.0. The number of nitrogens with one attached hydrogen (secondary N) is 1. The topological polar surface area (TPSA) is 35.8 Å². The Balaban J connectivity index is 2.32. The third-order valence-electron chi connectivity index (χ3n) is 2.07. The third kappa shape index (κ3) is 4.20. The predicted octanol–water partition coefficient (Wildman–Crippen LogP) is 2.77. The number of benzene rings is 1. The molecule has 1 aromatic carbocycles. The van der Waals surface area contributed by atoms with Gasteiger partial charge in [0.05, 0.1) is 11.6 Å². The normalized spacial score (nSPS) is 8.93. The van der Waals surface area contributed by atoms with Crippen LogP contribution < -0.4 is 5.32 Å². The number of anilines is 1. The van der Waals surface area contributed by atoms with Gasteiger partial charge in [0.1, 0.15) is 0 Å². The first-order valence-corrected chi connectivity index (χ1v) is 5.04. The minimum atomic E-state index is 0.684. The summed E-state index contributed by atoms with van der Waals surface area (Å²) in [5.41, 5.74) is 1.68. The van der Waals surface area contributed by atoms with E-state index in [1.165, 1.54) is 0 Å². The van der Waals surface area contributed by atoms with Gasteiger partial charge in [-0.1, -0.05) is 6.07 Å². The molecule has 0 aliphatic carbocycles. The van der Waals surface area contributed by atoms with E-state index < -0.39 is 0 Å². The molecular formula is C13H14N2. The number of nitriles is 1. The van der Waals surface area contributed by atoms with Crippen LogP contribution in [-0.4, -0.2) is 6.54 Å². The molecule has 0 amide bonds. The van der Waals surface area contributed by atoms with Crippen molar-refractivity contribution in [3.05, 3.63) is 29.8 Å². The van der Waals surface area contributed by atoms with Crippen molar-refractivity contribution >= 4 is 5.69 Å². The highest BCUT2D eigenvalue weighted by atomic mass is 14.9. The molecule has 0 saturated heterocycles. The molecule has 0 aromatic heterocycles. The van der Waals surface area contributed by atoms with Crippen LogP contribution in [0.3, 0.4) is 0 Å². The van der Waals surface area contributed by atoms with Crippen LogP contribution in [0.2, 0.25) is 0 Å². The summed E-state index contributed by atoms with van der Waals surface area (Å²) in [6.07, 6.45) is 8.09. The summed E-state index contributed by atoms with van der Waals surface area (Å²) in [7, 11) is 0. The molecule has 1 N–H and O–H groups in total. The molecule has 0 bridgehead atoms. The standard InChI is InChI=1S/C13H14N2/c1-2-3-4-5-9-15-13-8-6-7-12(10-13)11-14/h1,6-8,10,15H,3-5,9H2. The van der Waals surface area contributed by atoms with E-state index in [0.29, 0.717) is 5.56 Å². The van der Waals surface area contributed by atoms with Gasteiger partial charge in [0.15, 0.2) is 0 Å². The summed E-state index contributed by atoms with van der Waals surface area (Å²) >= 11 is 0. The van der Waals surface area contributed by atoms with Crippen molar-refractivity contribution in [1.29, 1.82) is 5.26 Å². The van der Waals surface area contributed by atoms with Gasteiger partial charge in [0.25, 0.3) is 0 Å². The quantitative estimate of drug-likeness (QED) is 0.583. The maximum atomic E-state index is 8.70. The molecule has 1 rings (SSSR count). The average Bonchev–Trinajstić information content (AvgIpc) is 2.29. The van der Waals surface area contributed by atoms with Gasteiger partial charge < -0.3 is 5.32 Å². The SMILES string of the molecule is C#CCCCCNc1cccc(C#N)c1. The molecule has 76 valence electrons. The first-order chi connectivity index (χ1) is 7.36. The summed E-state index contributed by atoms with van der Waals surface area (Å²) in [4.78, 5) is 0. The smallest absolute Gasteiger partial charge is 0.0992 e. The van der Waals surface area contributed by atoms with Crippen molar-refractivity contribution in [3.63, 3.8) is 0 Å². The van der Waals surface area contributed by atoms with Crippen LogP contribution in [0.1, 0.15) is 24.8 Å². The second-order valence-corrected chi connectivity index (χ2v) is 3.28. The van der Waals surface area contributed by atoms with Crippen molar-refractivity contribution in [2.24, 2.45) is 0 Å². The fourth-order valence-corrected chi connectivity index (χ4v) is 1.28. The van der Waals surface area contributed by atoms with Gasteiger partial charge in [0, 0.05) is 18.7 Å². The zero-order valence-corrected chi connectivity index (χ0v) is 8.66. The molecule has 2 heteroatoms. The average molecular weight is 198 g/mol. The van der Waals surface area contributed by atoms with Gasteiger partial charge in [-0.05, 0) is 31.0 Å². The van der Waals surface area contributed by atoms with Gasteiger partial charge >= 0.3 is 0 Å². The minimum Gasteiger partial charge on any atom is -0.385 e. The van der Waals surface area contributed by atoms with E-state index in [0.717, 1.165) is 31.5 Å². The summed E-state index contributed by atoms with van der Waals surface area (Å²) in [5.74, 6) is 2.61. The Kier molecular flexibility index (Phi) is 4.84. The molecule has 2 nitrogen and oxygen atoms in total. The molecule has 0 saturated carbocycles. The second kappa shape index (κ2) is 6.51. The Bertz CT molecular complexity index is 382. The van der Waals surface area contributed by atoms with Gasteiger partial charge in [-0.3, -0.25) is 0 Å². The van der Waals surface area contributed by atoms with Gasteiger partial charge in [-0.2, -0.15) is 5.26 Å². The van der Waals surface area contributed by atoms with E-state index in [-0.39, 0.29) is 0 Å². The predicted molar refractivity (Wildman–Crippen MR) is 62.3 cm³/mol. The van der Waals surface area contributed by atoms with E-state index in [1.54, 1.807) is 6.07 Å². The Morgan fingerprint density at radius 2 is 2.20 bits per heavy atom. The van der Waals surface area contributed by atoms with Crippen LogP contribution in [-0.2, 0) is 0 Å². The molecule has 0 spiro atoms. The molecule has 0 unspecified atom stereocenters. The van der Waals surface area contributed by atoms with Crippen LogP contribution in [0.15, 0.2) is 24.3 Å². The molecular weight excluding hydrogens is 184 g/mol. The van der Waals surface area contributed by atoms with E-state index in [4.69, 9.17) is 11.7 Å². The summed E-state index contributed by atoms with van der Waals surface area (Å²) < 4.78 is 0. The fraction of sp³-hybridized carbons (Fsp3) is 0.308. The Morgan fingerprint density at radius 3 is 2.93 bits per heavy atom. The van der Waals surface area contributed by atoms with Gasteiger partial charge in [0.2, 0.25) is 0 Å². The lowest BCUT2D eigenvalue weighted by molar-refractivity contribution is 0.789. The molecule has 0 aliphatic heterocycles. The van der Waals surface area contributed by atoms with Gasteiger partial charge in [-0.25, -0.2) is 0 Å². The Labute approximate surface area is 90.9 Å². The Hall–Kier alpha value is -1.93. The van der Waals surface area contributed by atoms with Crippen molar-refractivity contribution in [1.82, 2.24) is 0 Å². The minimum absolute atomic E-state index is 0.684. The first kappa shape index (κ1) is 11.1. The first-order valence-electron chi connectivity index (χ1n) is 5.04. The monoisotopic (exact) mass is 198 g/mol. The van der Waals surface area contributed by atoms with Crippen LogP contribution >= 0.6 is 0 Å². The van der Waals surface area contributed by atoms with Crippen LogP contribution in [0.4, 0.5) is 5.69 Å². The van der Waals surface area contributed by atoms with Crippen molar-refractivity contribution in [3.8, 4) is 18.4 Å². The molecule has 0 heterocycles. The molecule has 1 aromatic rings. The van der Waals surface area contributed by atoms with Crippen molar-refractivity contribution < 1.29 is 0 Å². The Morgan fingerprint density at radius 1 is 1.33 bits per heavy atom. The zero-order valence-electron chi connectivity index (χ0n) is 8.66. The molecule has 15 heavy (non-hydrogen) atoms. The van der Waals surface area contributed by atoms with Crippen LogP contribution in [0, 0.1) is 23.7 Å².